The molecule has 15 heteroatoms. The Labute approximate surface area is 621 Å². The van der Waals surface area contributed by atoms with E-state index in [2.05, 4.69) is 193 Å². The Morgan fingerprint density at radius 2 is 0.592 bits per heavy atom. The van der Waals surface area contributed by atoms with E-state index in [-0.39, 0.29) is 66.0 Å². The standard InChI is InChI=1S/2C31H33F3N3.2C13H13P.Os/c2*1-18(2)15-22-16-26(35-17-25(22)21-11-8-7-9-12-21)29-28(30(37-36-29)31(32,33)34)27-23(19(3)4)13-10-14-24(27)20(5)6;2*1-14(12-8-4-2-5-9-12)13-10-6-3-7-11-13;/h2*7-14,16-20H,15H2,1-6H3;2*2-11H,1H3;/q2*-1;;;+2/p+2. The van der Waals surface area contributed by atoms with Gasteiger partial charge in [0.25, 0.3) is 0 Å². The quantitative estimate of drug-likeness (QED) is 0.0629. The zero-order valence-electron chi connectivity index (χ0n) is 61.3. The summed E-state index contributed by atoms with van der Waals surface area (Å²) in [4.78, 5) is 9.31. The summed E-state index contributed by atoms with van der Waals surface area (Å²) in [6, 6.07) is 78.1. The zero-order valence-corrected chi connectivity index (χ0v) is 65.8. The van der Waals surface area contributed by atoms with Gasteiger partial charge in [0.05, 0.1) is 61.8 Å². The second-order valence-corrected chi connectivity index (χ2v) is 32.7. The van der Waals surface area contributed by atoms with Gasteiger partial charge in [-0.1, -0.05) is 264 Å². The summed E-state index contributed by atoms with van der Waals surface area (Å²) in [7, 11) is -1.09. The predicted octanol–water partition coefficient (Wildman–Crippen LogP) is 22.8. The van der Waals surface area contributed by atoms with Gasteiger partial charge in [-0.3, -0.25) is 9.97 Å². The van der Waals surface area contributed by atoms with E-state index in [1.165, 1.54) is 21.2 Å². The van der Waals surface area contributed by atoms with Gasteiger partial charge in [0.2, 0.25) is 0 Å². The molecule has 0 fully saturated rings. The zero-order chi connectivity index (χ0) is 73.4. The molecule has 0 atom stereocenters. The molecule has 0 spiro atoms. The summed E-state index contributed by atoms with van der Waals surface area (Å²) >= 11 is 0. The second kappa shape index (κ2) is 36.8. The van der Waals surface area contributed by atoms with E-state index in [1.54, 1.807) is 12.4 Å². The van der Waals surface area contributed by atoms with Crippen molar-refractivity contribution >= 4 is 37.1 Å². The van der Waals surface area contributed by atoms with Crippen molar-refractivity contribution < 1.29 is 46.1 Å². The molecule has 0 radical (unpaired) electrons. The van der Waals surface area contributed by atoms with E-state index in [1.807, 2.05) is 165 Å². The number of rotatable bonds is 18. The molecular formula is C88H94F6N6OsP2+2. The van der Waals surface area contributed by atoms with E-state index >= 15 is 0 Å². The van der Waals surface area contributed by atoms with Gasteiger partial charge in [-0.15, -0.1) is 0 Å². The smallest absolute Gasteiger partial charge is 0.573 e. The first-order chi connectivity index (χ1) is 48.7. The molecule has 4 heterocycles. The van der Waals surface area contributed by atoms with Crippen molar-refractivity contribution in [2.45, 2.75) is 132 Å². The Hall–Kier alpha value is -8.44. The van der Waals surface area contributed by atoms with Crippen LogP contribution in [0.5, 0.6) is 0 Å². The van der Waals surface area contributed by atoms with Crippen LogP contribution in [0.2, 0.25) is 0 Å². The molecular weight excluding hydrogens is 1510 g/mol. The first kappa shape index (κ1) is 80.2. The van der Waals surface area contributed by atoms with Crippen LogP contribution >= 0.6 is 15.8 Å². The fourth-order valence-corrected chi connectivity index (χ4v) is 16.3. The number of hydrogen-bond donors (Lipinski definition) is 0. The molecule has 0 amide bonds. The number of alkyl halides is 6. The number of nitrogens with zero attached hydrogens (tertiary/aromatic N) is 6. The molecule has 0 aliphatic carbocycles. The van der Waals surface area contributed by atoms with Gasteiger partial charge in [0.15, 0.2) is 0 Å². The average molecular weight is 1600 g/mol. The van der Waals surface area contributed by atoms with Crippen LogP contribution in [-0.2, 0) is 45.0 Å². The van der Waals surface area contributed by atoms with Crippen molar-refractivity contribution in [2.75, 3.05) is 13.3 Å². The number of benzene rings is 8. The van der Waals surface area contributed by atoms with Crippen molar-refractivity contribution in [1.29, 1.82) is 0 Å². The third-order valence-corrected chi connectivity index (χ3v) is 22.7. The topological polar surface area (TPSA) is 79.8 Å². The summed E-state index contributed by atoms with van der Waals surface area (Å²) < 4.78 is 86.1. The minimum Gasteiger partial charge on any atom is -0.573 e. The molecule has 0 bridgehead atoms. The van der Waals surface area contributed by atoms with Crippen LogP contribution in [0, 0.1) is 11.8 Å². The van der Waals surface area contributed by atoms with E-state index in [0.717, 1.165) is 68.5 Å². The molecule has 6 nitrogen and oxygen atoms in total. The molecule has 4 aromatic heterocycles. The van der Waals surface area contributed by atoms with Crippen molar-refractivity contribution in [3.8, 4) is 67.3 Å². The number of halogens is 6. The van der Waals surface area contributed by atoms with Crippen LogP contribution < -0.4 is 31.4 Å². The molecule has 0 saturated heterocycles. The Morgan fingerprint density at radius 3 is 0.825 bits per heavy atom. The maximum Gasteiger partial charge on any atom is 2.00 e. The Bertz CT molecular complexity index is 4170. The normalized spacial score (nSPS) is 11.6. The van der Waals surface area contributed by atoms with Crippen molar-refractivity contribution in [2.24, 2.45) is 11.8 Å². The van der Waals surface area contributed by atoms with Gasteiger partial charge in [0.1, 0.15) is 11.4 Å². The molecule has 12 aromatic rings. The summed E-state index contributed by atoms with van der Waals surface area (Å²) in [6.07, 6.45) is -4.27. The van der Waals surface area contributed by atoms with Gasteiger partial charge >= 0.3 is 32.1 Å². The molecule has 534 valence electrons. The molecule has 0 unspecified atom stereocenters. The molecule has 0 saturated carbocycles. The van der Waals surface area contributed by atoms with E-state index < -0.39 is 39.6 Å². The largest absolute Gasteiger partial charge is 2.00 e. The molecule has 0 aliphatic heterocycles. The van der Waals surface area contributed by atoms with Gasteiger partial charge in [0, 0.05) is 23.5 Å². The third-order valence-electron chi connectivity index (χ3n) is 17.9. The molecule has 103 heavy (non-hydrogen) atoms. The Morgan fingerprint density at radius 1 is 0.340 bits per heavy atom. The van der Waals surface area contributed by atoms with E-state index in [0.29, 0.717) is 34.4 Å². The molecule has 8 aromatic carbocycles. The molecule has 0 N–H and O–H groups in total. The molecule has 0 aliphatic rings. The number of pyridine rings is 2. The fraction of sp³-hybridized carbons (Fsp3) is 0.273. The minimum absolute atomic E-state index is 0. The van der Waals surface area contributed by atoms with E-state index in [9.17, 15) is 26.3 Å². The maximum atomic E-state index is 14.3. The van der Waals surface area contributed by atoms with Crippen LogP contribution in [0.1, 0.15) is 152 Å². The first-order valence-electron chi connectivity index (χ1n) is 35.2. The van der Waals surface area contributed by atoms with Crippen LogP contribution in [0.25, 0.3) is 67.3 Å². The van der Waals surface area contributed by atoms with Crippen molar-refractivity contribution in [1.82, 2.24) is 30.4 Å². The first-order valence-corrected chi connectivity index (χ1v) is 39.2. The van der Waals surface area contributed by atoms with E-state index in [4.69, 9.17) is 0 Å². The summed E-state index contributed by atoms with van der Waals surface area (Å²) in [5, 5.41) is 21.5. The van der Waals surface area contributed by atoms with Crippen molar-refractivity contribution in [3.05, 3.63) is 288 Å². The SMILES string of the molecule is CC(C)Cc1cc(-c2[n-]nc(C(F)(F)F)c2-c2c(C(C)C)cccc2C(C)C)ncc1-c1ccccc1.CC(C)Cc1cc(-c2[n-]nc(C(F)(F)F)c2-c2c(C(C)C)cccc2C(C)C)ncc1-c1ccccc1.C[PH+](c1ccccc1)c1ccccc1.C[PH+](c1ccccc1)c1ccccc1.[Os+2]. The number of aromatic nitrogens is 6. The summed E-state index contributed by atoms with van der Waals surface area (Å²) in [6.45, 7) is 29.1. The second-order valence-electron chi connectivity index (χ2n) is 27.9. The maximum absolute atomic E-state index is 14.3. The van der Waals surface area contributed by atoms with Gasteiger partial charge < -0.3 is 20.4 Å². The van der Waals surface area contributed by atoms with Crippen LogP contribution in [0.3, 0.4) is 0 Å². The third kappa shape index (κ3) is 20.5. The minimum atomic E-state index is -4.65. The van der Waals surface area contributed by atoms with Gasteiger partial charge in [-0.05, 0) is 176 Å². The monoisotopic (exact) mass is 1600 g/mol. The fourth-order valence-electron chi connectivity index (χ4n) is 12.8. The Kier molecular flexibility index (Phi) is 28.7. The van der Waals surface area contributed by atoms with Crippen molar-refractivity contribution in [3.63, 3.8) is 0 Å². The van der Waals surface area contributed by atoms with Gasteiger partial charge in [-0.25, -0.2) is 0 Å². The Balaban J connectivity index is 0.000000189. The van der Waals surface area contributed by atoms with Crippen LogP contribution in [0.4, 0.5) is 26.3 Å². The summed E-state index contributed by atoms with van der Waals surface area (Å²) in [5.74, 6) is 0.764. The van der Waals surface area contributed by atoms with Crippen LogP contribution in [-0.4, -0.2) is 33.5 Å². The molecule has 12 rings (SSSR count). The van der Waals surface area contributed by atoms with Gasteiger partial charge in [-0.2, -0.15) is 26.3 Å². The average Bonchev–Trinajstić information content (AvgIpc) is 1.65. The summed E-state index contributed by atoms with van der Waals surface area (Å²) in [5.41, 5.74) is 9.83. The number of hydrogen-bond acceptors (Lipinski definition) is 4. The van der Waals surface area contributed by atoms with Crippen LogP contribution in [0.15, 0.2) is 243 Å². The predicted molar refractivity (Wildman–Crippen MR) is 420 cm³/mol.